The molecule has 2 N–H and O–H groups in total. The molecule has 1 aromatic heterocycles. The number of thioether (sulfide) groups is 1. The van der Waals surface area contributed by atoms with Crippen molar-refractivity contribution in [3.8, 4) is 0 Å². The minimum absolute atomic E-state index is 0.0269. The van der Waals surface area contributed by atoms with Crippen LogP contribution in [0.5, 0.6) is 0 Å². The molecular weight excluding hydrogens is 380 g/mol. The molecule has 9 heteroatoms. The number of hydrogen-bond acceptors (Lipinski definition) is 7. The van der Waals surface area contributed by atoms with Gasteiger partial charge in [-0.25, -0.2) is 0 Å². The molecule has 144 valence electrons. The number of carbonyl (C=O) groups is 3. The number of hydrogen-bond donors (Lipinski definition) is 2. The van der Waals surface area contributed by atoms with E-state index in [1.54, 1.807) is 36.4 Å². The van der Waals surface area contributed by atoms with Crippen LogP contribution in [0.2, 0.25) is 0 Å². The van der Waals surface area contributed by atoms with Crippen LogP contribution in [0, 0.1) is 6.92 Å². The monoisotopic (exact) mass is 398 g/mol. The predicted molar refractivity (Wildman–Crippen MR) is 108 cm³/mol. The van der Waals surface area contributed by atoms with Gasteiger partial charge in [-0.1, -0.05) is 23.9 Å². The number of carbonyl (C=O) groups excluding carboxylic acids is 3. The molecule has 0 aliphatic carbocycles. The van der Waals surface area contributed by atoms with E-state index in [1.165, 1.54) is 13.1 Å². The summed E-state index contributed by atoms with van der Waals surface area (Å²) in [6.07, 6.45) is 1.41. The van der Waals surface area contributed by atoms with Gasteiger partial charge in [-0.05, 0) is 38.1 Å². The highest BCUT2D eigenvalue weighted by molar-refractivity contribution is 8.15. The third-order valence-electron chi connectivity index (χ3n) is 3.79. The Hall–Kier alpha value is -3.20. The van der Waals surface area contributed by atoms with E-state index in [0.29, 0.717) is 22.2 Å². The molecular formula is C19H18N4O4S. The van der Waals surface area contributed by atoms with Gasteiger partial charge in [0.05, 0.1) is 6.21 Å². The second kappa shape index (κ2) is 8.66. The fourth-order valence-electron chi connectivity index (χ4n) is 2.44. The first kappa shape index (κ1) is 19.6. The van der Waals surface area contributed by atoms with Gasteiger partial charge in [0, 0.05) is 17.7 Å². The van der Waals surface area contributed by atoms with Crippen molar-refractivity contribution in [1.29, 1.82) is 0 Å². The van der Waals surface area contributed by atoms with E-state index in [-0.39, 0.29) is 24.0 Å². The summed E-state index contributed by atoms with van der Waals surface area (Å²) in [7, 11) is 0. The van der Waals surface area contributed by atoms with Crippen molar-refractivity contribution in [2.45, 2.75) is 25.5 Å². The van der Waals surface area contributed by atoms with Crippen molar-refractivity contribution >= 4 is 46.4 Å². The normalized spacial score (nSPS) is 17.9. The summed E-state index contributed by atoms with van der Waals surface area (Å²) in [5.74, 6) is 0.593. The van der Waals surface area contributed by atoms with Gasteiger partial charge < -0.3 is 15.1 Å². The molecule has 1 fully saturated rings. The molecule has 28 heavy (non-hydrogen) atoms. The molecule has 1 atom stereocenters. The molecule has 0 saturated carbocycles. The largest absolute Gasteiger partial charge is 0.460 e. The molecule has 0 spiro atoms. The van der Waals surface area contributed by atoms with E-state index < -0.39 is 5.25 Å². The number of amidine groups is 1. The Morgan fingerprint density at radius 3 is 2.86 bits per heavy atom. The fourth-order valence-corrected chi connectivity index (χ4v) is 3.37. The Morgan fingerprint density at radius 2 is 2.14 bits per heavy atom. The number of Topliss-reactive ketones (excluding diaryl/α,β-unsaturated/α-hetero) is 1. The summed E-state index contributed by atoms with van der Waals surface area (Å²) >= 11 is 1.14. The molecule has 1 saturated heterocycles. The van der Waals surface area contributed by atoms with E-state index in [0.717, 1.165) is 17.5 Å². The van der Waals surface area contributed by atoms with Crippen molar-refractivity contribution in [1.82, 2.24) is 5.32 Å². The van der Waals surface area contributed by atoms with Crippen LogP contribution in [0.1, 0.15) is 35.2 Å². The molecule has 1 aromatic carbocycles. The fraction of sp³-hybridized carbons (Fsp3) is 0.211. The van der Waals surface area contributed by atoms with Gasteiger partial charge >= 0.3 is 0 Å². The van der Waals surface area contributed by atoms with E-state index in [9.17, 15) is 14.4 Å². The Labute approximate surface area is 165 Å². The summed E-state index contributed by atoms with van der Waals surface area (Å²) in [6.45, 7) is 3.28. The van der Waals surface area contributed by atoms with E-state index in [4.69, 9.17) is 4.42 Å². The lowest BCUT2D eigenvalue weighted by atomic mass is 10.1. The van der Waals surface area contributed by atoms with Crippen molar-refractivity contribution in [2.75, 3.05) is 5.32 Å². The quantitative estimate of drug-likeness (QED) is 0.441. The minimum Gasteiger partial charge on any atom is -0.460 e. The second-order valence-electron chi connectivity index (χ2n) is 6.08. The molecule has 3 rings (SSSR count). The SMILES string of the molecule is CC(=O)c1cccc(NC(=O)C[C@H]2S/C(=N/N=C\c3ccc(C)o3)NC2=O)c1. The first-order chi connectivity index (χ1) is 13.4. The predicted octanol–water partition coefficient (Wildman–Crippen LogP) is 2.74. The Balaban J connectivity index is 1.56. The lowest BCUT2D eigenvalue weighted by Crippen LogP contribution is -2.28. The maximum Gasteiger partial charge on any atom is 0.240 e. The van der Waals surface area contributed by atoms with Gasteiger partial charge in [-0.15, -0.1) is 5.10 Å². The van der Waals surface area contributed by atoms with Crippen LogP contribution < -0.4 is 10.6 Å². The van der Waals surface area contributed by atoms with Crippen molar-refractivity contribution in [3.63, 3.8) is 0 Å². The van der Waals surface area contributed by atoms with Gasteiger partial charge in [0.15, 0.2) is 11.0 Å². The lowest BCUT2D eigenvalue weighted by molar-refractivity contribution is -0.122. The van der Waals surface area contributed by atoms with Crippen LogP contribution >= 0.6 is 11.8 Å². The standard InChI is InChI=1S/C19H18N4O4S/c1-11-6-7-15(27-11)10-20-23-19-22-18(26)16(28-19)9-17(25)21-14-5-3-4-13(8-14)12(2)24/h3-8,10,16H,9H2,1-2H3,(H,21,25)(H,22,23,26)/b20-10-/t16-/m1/s1. The number of benzene rings is 1. The Morgan fingerprint density at radius 1 is 1.32 bits per heavy atom. The number of anilines is 1. The first-order valence-corrected chi connectivity index (χ1v) is 9.34. The summed E-state index contributed by atoms with van der Waals surface area (Å²) < 4.78 is 5.34. The van der Waals surface area contributed by atoms with Crippen LogP contribution in [-0.2, 0) is 9.59 Å². The molecule has 2 amide bonds. The van der Waals surface area contributed by atoms with E-state index in [1.807, 2.05) is 6.92 Å². The van der Waals surface area contributed by atoms with Crippen LogP contribution in [0.25, 0.3) is 0 Å². The van der Waals surface area contributed by atoms with Gasteiger partial charge in [0.25, 0.3) is 0 Å². The number of nitrogens with zero attached hydrogens (tertiary/aromatic N) is 2. The van der Waals surface area contributed by atoms with Gasteiger partial charge in [0.2, 0.25) is 11.8 Å². The number of nitrogens with one attached hydrogen (secondary N) is 2. The molecule has 8 nitrogen and oxygen atoms in total. The number of aryl methyl sites for hydroxylation is 1. The van der Waals surface area contributed by atoms with Gasteiger partial charge in [-0.3, -0.25) is 14.4 Å². The third-order valence-corrected chi connectivity index (χ3v) is 4.87. The average molecular weight is 398 g/mol. The maximum atomic E-state index is 12.2. The first-order valence-electron chi connectivity index (χ1n) is 8.46. The van der Waals surface area contributed by atoms with Crippen LogP contribution in [0.4, 0.5) is 5.69 Å². The number of rotatable bonds is 6. The zero-order valence-electron chi connectivity index (χ0n) is 15.3. The summed E-state index contributed by atoms with van der Waals surface area (Å²) in [5.41, 5.74) is 1.01. The highest BCUT2D eigenvalue weighted by Gasteiger charge is 2.32. The summed E-state index contributed by atoms with van der Waals surface area (Å²) in [5, 5.41) is 12.8. The van der Waals surface area contributed by atoms with E-state index >= 15 is 0 Å². The molecule has 1 aliphatic heterocycles. The number of amides is 2. The maximum absolute atomic E-state index is 12.2. The van der Waals surface area contributed by atoms with Crippen molar-refractivity contribution in [3.05, 3.63) is 53.5 Å². The van der Waals surface area contributed by atoms with Crippen LogP contribution in [-0.4, -0.2) is 34.2 Å². The lowest BCUT2D eigenvalue weighted by Gasteiger charge is -2.08. The molecule has 2 aromatic rings. The summed E-state index contributed by atoms with van der Waals surface area (Å²) in [4.78, 5) is 35.7. The van der Waals surface area contributed by atoms with E-state index in [2.05, 4.69) is 20.8 Å². The van der Waals surface area contributed by atoms with Crippen LogP contribution in [0.3, 0.4) is 0 Å². The molecule has 0 unspecified atom stereocenters. The zero-order chi connectivity index (χ0) is 20.1. The molecule has 1 aliphatic rings. The Bertz CT molecular complexity index is 980. The highest BCUT2D eigenvalue weighted by atomic mass is 32.2. The molecule has 0 radical (unpaired) electrons. The minimum atomic E-state index is -0.601. The van der Waals surface area contributed by atoms with Crippen LogP contribution in [0.15, 0.2) is 51.0 Å². The highest BCUT2D eigenvalue weighted by Crippen LogP contribution is 2.23. The zero-order valence-corrected chi connectivity index (χ0v) is 16.1. The summed E-state index contributed by atoms with van der Waals surface area (Å²) in [6, 6.07) is 10.2. The van der Waals surface area contributed by atoms with Crippen molar-refractivity contribution < 1.29 is 18.8 Å². The Kier molecular flexibility index (Phi) is 6.05. The van der Waals surface area contributed by atoms with Gasteiger partial charge in [-0.2, -0.15) is 5.10 Å². The smallest absolute Gasteiger partial charge is 0.240 e. The third kappa shape index (κ3) is 5.17. The molecule has 2 heterocycles. The van der Waals surface area contributed by atoms with Gasteiger partial charge in [0.1, 0.15) is 16.8 Å². The average Bonchev–Trinajstić information content (AvgIpc) is 3.20. The number of furan rings is 1. The number of ketones is 1. The second-order valence-corrected chi connectivity index (χ2v) is 7.27. The topological polar surface area (TPSA) is 113 Å². The van der Waals surface area contributed by atoms with Crippen molar-refractivity contribution in [2.24, 2.45) is 10.2 Å². The molecule has 0 bridgehead atoms.